The molecule has 38 heavy (non-hydrogen) atoms. The number of carbonyl (C=O) groups is 1. The van der Waals surface area contributed by atoms with Crippen LogP contribution in [0.5, 0.6) is 0 Å². The molecule has 2 fully saturated rings. The highest BCUT2D eigenvalue weighted by molar-refractivity contribution is 5.80. The Hall–Kier alpha value is -3.71. The number of benzene rings is 3. The van der Waals surface area contributed by atoms with E-state index in [2.05, 4.69) is 50.5 Å². The van der Waals surface area contributed by atoms with Gasteiger partial charge in [-0.3, -0.25) is 14.3 Å². The Kier molecular flexibility index (Phi) is 6.85. The lowest BCUT2D eigenvalue weighted by Crippen LogP contribution is -2.52. The Morgan fingerprint density at radius 3 is 2.50 bits per heavy atom. The zero-order valence-corrected chi connectivity index (χ0v) is 21.9. The second-order valence-electron chi connectivity index (χ2n) is 10.6. The average molecular weight is 512 g/mol. The molecule has 0 saturated carbocycles. The van der Waals surface area contributed by atoms with Gasteiger partial charge in [0.1, 0.15) is 11.6 Å². The van der Waals surface area contributed by atoms with Crippen LogP contribution in [0.4, 0.5) is 10.1 Å². The van der Waals surface area contributed by atoms with Crippen LogP contribution in [0.2, 0.25) is 0 Å². The minimum Gasteiger partial charge on any atom is -0.368 e. The van der Waals surface area contributed by atoms with Gasteiger partial charge in [-0.05, 0) is 80.4 Å². The van der Waals surface area contributed by atoms with Crippen LogP contribution in [0.3, 0.4) is 0 Å². The quantitative estimate of drug-likeness (QED) is 0.377. The van der Waals surface area contributed by atoms with Gasteiger partial charge in [0.2, 0.25) is 5.91 Å². The molecule has 0 radical (unpaired) electrons. The minimum atomic E-state index is -0.253. The maximum Gasteiger partial charge on any atom is 0.227 e. The number of fused-ring (bicyclic) bond motifs is 1. The third kappa shape index (κ3) is 5.03. The molecule has 7 heteroatoms. The number of nitrogens with zero attached hydrogens (tertiary/aromatic N) is 5. The zero-order chi connectivity index (χ0) is 26.1. The number of amides is 1. The van der Waals surface area contributed by atoms with E-state index in [0.29, 0.717) is 6.54 Å². The summed E-state index contributed by atoms with van der Waals surface area (Å²) in [5, 5.41) is 0. The molecule has 1 atom stereocenters. The third-order valence-corrected chi connectivity index (χ3v) is 7.89. The van der Waals surface area contributed by atoms with Gasteiger partial charge in [-0.15, -0.1) is 0 Å². The van der Waals surface area contributed by atoms with Crippen molar-refractivity contribution >= 4 is 22.6 Å². The van der Waals surface area contributed by atoms with E-state index >= 15 is 0 Å². The number of anilines is 1. The van der Waals surface area contributed by atoms with E-state index in [1.807, 2.05) is 24.3 Å². The number of rotatable bonds is 5. The summed E-state index contributed by atoms with van der Waals surface area (Å²) in [6, 6.07) is 23.2. The second kappa shape index (κ2) is 10.6. The highest BCUT2D eigenvalue weighted by Crippen LogP contribution is 2.26. The molecule has 4 aromatic rings. The Balaban J connectivity index is 1.14. The lowest BCUT2D eigenvalue weighted by Gasteiger charge is -2.39. The van der Waals surface area contributed by atoms with Crippen LogP contribution in [0, 0.1) is 18.7 Å². The molecule has 0 N–H and O–H groups in total. The van der Waals surface area contributed by atoms with Gasteiger partial charge in [0.05, 0.1) is 23.5 Å². The summed E-state index contributed by atoms with van der Waals surface area (Å²) in [6.45, 7) is 7.72. The summed E-state index contributed by atoms with van der Waals surface area (Å²) in [5.41, 5.74) is 5.32. The van der Waals surface area contributed by atoms with Gasteiger partial charge in [-0.1, -0.05) is 24.3 Å². The molecule has 6 nitrogen and oxygen atoms in total. The first-order valence-corrected chi connectivity index (χ1v) is 13.6. The molecule has 0 unspecified atom stereocenters. The fraction of sp³-hybridized carbons (Fsp3) is 0.355. The van der Waals surface area contributed by atoms with Gasteiger partial charge in [-0.2, -0.15) is 0 Å². The number of piperazine rings is 1. The molecular formula is C31H34FN5O. The molecule has 0 spiro atoms. The zero-order valence-electron chi connectivity index (χ0n) is 21.9. The maximum atomic E-state index is 13.6. The number of imidazole rings is 1. The molecule has 3 heterocycles. The van der Waals surface area contributed by atoms with E-state index in [0.717, 1.165) is 74.7 Å². The van der Waals surface area contributed by atoms with Gasteiger partial charge in [0.25, 0.3) is 0 Å². The van der Waals surface area contributed by atoms with Crippen LogP contribution in [-0.2, 0) is 11.3 Å². The Bertz CT molecular complexity index is 1420. The highest BCUT2D eigenvalue weighted by atomic mass is 19.1. The number of aromatic nitrogens is 2. The topological polar surface area (TPSA) is 44.6 Å². The summed E-state index contributed by atoms with van der Waals surface area (Å²) < 4.78 is 15.8. The lowest BCUT2D eigenvalue weighted by atomic mass is 9.96. The number of aryl methyl sites for hydroxylation is 1. The minimum absolute atomic E-state index is 0.0120. The molecule has 2 aliphatic rings. The van der Waals surface area contributed by atoms with Crippen LogP contribution in [0.15, 0.2) is 72.8 Å². The number of hydrogen-bond acceptors (Lipinski definition) is 4. The molecule has 2 saturated heterocycles. The summed E-state index contributed by atoms with van der Waals surface area (Å²) in [6.07, 6.45) is 1.93. The fourth-order valence-electron chi connectivity index (χ4n) is 5.93. The van der Waals surface area contributed by atoms with Crippen LogP contribution >= 0.6 is 0 Å². The predicted octanol–water partition coefficient (Wildman–Crippen LogP) is 5.03. The first kappa shape index (κ1) is 24.6. The summed E-state index contributed by atoms with van der Waals surface area (Å²) >= 11 is 0. The molecule has 1 amide bonds. The molecule has 1 aromatic heterocycles. The van der Waals surface area contributed by atoms with Gasteiger partial charge in [-0.25, -0.2) is 9.37 Å². The third-order valence-electron chi connectivity index (χ3n) is 7.89. The van der Waals surface area contributed by atoms with Crippen molar-refractivity contribution < 1.29 is 9.18 Å². The number of likely N-dealkylation sites (tertiary alicyclic amines) is 1. The summed E-state index contributed by atoms with van der Waals surface area (Å²) in [5.74, 6) is 0.957. The van der Waals surface area contributed by atoms with Gasteiger partial charge >= 0.3 is 0 Å². The Morgan fingerprint density at radius 2 is 1.71 bits per heavy atom. The predicted molar refractivity (Wildman–Crippen MR) is 149 cm³/mol. The van der Waals surface area contributed by atoms with Crippen molar-refractivity contribution in [2.75, 3.05) is 44.2 Å². The Morgan fingerprint density at radius 1 is 0.921 bits per heavy atom. The van der Waals surface area contributed by atoms with Crippen molar-refractivity contribution in [1.29, 1.82) is 0 Å². The largest absolute Gasteiger partial charge is 0.368 e. The molecule has 0 aliphatic carbocycles. The van der Waals surface area contributed by atoms with Crippen molar-refractivity contribution in [1.82, 2.24) is 19.4 Å². The van der Waals surface area contributed by atoms with E-state index in [4.69, 9.17) is 4.98 Å². The van der Waals surface area contributed by atoms with Crippen LogP contribution < -0.4 is 4.90 Å². The maximum absolute atomic E-state index is 13.6. The van der Waals surface area contributed by atoms with E-state index in [1.165, 1.54) is 23.4 Å². The molecule has 3 aromatic carbocycles. The van der Waals surface area contributed by atoms with Crippen LogP contribution in [-0.4, -0.2) is 64.5 Å². The fourth-order valence-corrected chi connectivity index (χ4v) is 5.93. The van der Waals surface area contributed by atoms with E-state index in [9.17, 15) is 9.18 Å². The van der Waals surface area contributed by atoms with Crippen molar-refractivity contribution in [3.8, 4) is 5.69 Å². The van der Waals surface area contributed by atoms with Crippen LogP contribution in [0.1, 0.15) is 24.2 Å². The lowest BCUT2D eigenvalue weighted by molar-refractivity contribution is -0.137. The highest BCUT2D eigenvalue weighted by Gasteiger charge is 2.31. The molecule has 0 bridgehead atoms. The normalized spacial score (nSPS) is 18.7. The number of hydrogen-bond donors (Lipinski definition) is 0. The molecule has 196 valence electrons. The first-order chi connectivity index (χ1) is 18.5. The number of carbonyl (C=O) groups excluding carboxylic acids is 1. The van der Waals surface area contributed by atoms with E-state index in [1.54, 1.807) is 12.1 Å². The second-order valence-corrected chi connectivity index (χ2v) is 10.6. The summed E-state index contributed by atoms with van der Waals surface area (Å²) in [4.78, 5) is 25.3. The number of para-hydroxylation sites is 2. The standard InChI is InChI=1S/C31H34FN5O/c1-23-6-4-8-27(20-23)35-16-18-36(19-17-35)31(38)24-7-5-15-34(21-24)22-30-33-28-9-2-3-10-29(28)37(30)26-13-11-25(32)12-14-26/h2-4,6,8-14,20,24H,5,7,15-19,21-22H2,1H3/t24-/m0/s1. The number of piperidine rings is 1. The first-order valence-electron chi connectivity index (χ1n) is 13.6. The monoisotopic (exact) mass is 511 g/mol. The van der Waals surface area contributed by atoms with Crippen molar-refractivity contribution in [2.45, 2.75) is 26.3 Å². The van der Waals surface area contributed by atoms with Gasteiger partial charge in [0.15, 0.2) is 0 Å². The van der Waals surface area contributed by atoms with E-state index in [-0.39, 0.29) is 17.6 Å². The molecular weight excluding hydrogens is 477 g/mol. The number of halogens is 1. The summed E-state index contributed by atoms with van der Waals surface area (Å²) in [7, 11) is 0. The van der Waals surface area contributed by atoms with Gasteiger partial charge < -0.3 is 9.80 Å². The van der Waals surface area contributed by atoms with E-state index < -0.39 is 0 Å². The van der Waals surface area contributed by atoms with Gasteiger partial charge in [0, 0.05) is 44.1 Å². The van der Waals surface area contributed by atoms with Crippen LogP contribution in [0.25, 0.3) is 16.7 Å². The smallest absolute Gasteiger partial charge is 0.227 e. The van der Waals surface area contributed by atoms with Crippen molar-refractivity contribution in [3.05, 3.63) is 90.0 Å². The van der Waals surface area contributed by atoms with Crippen molar-refractivity contribution in [3.63, 3.8) is 0 Å². The SMILES string of the molecule is Cc1cccc(N2CCN(C(=O)[C@H]3CCCN(Cc4nc5ccccc5n4-c4ccc(F)cc4)C3)CC2)c1. The molecule has 2 aliphatic heterocycles. The Labute approximate surface area is 223 Å². The average Bonchev–Trinajstić information content (AvgIpc) is 3.31. The van der Waals surface area contributed by atoms with Crippen molar-refractivity contribution in [2.24, 2.45) is 5.92 Å². The molecule has 6 rings (SSSR count).